The van der Waals surface area contributed by atoms with E-state index in [2.05, 4.69) is 50.3 Å². The predicted molar refractivity (Wildman–Crippen MR) is 213 cm³/mol. The van der Waals surface area contributed by atoms with Crippen molar-refractivity contribution in [2.24, 2.45) is 0 Å². The molecule has 302 valence electrons. The van der Waals surface area contributed by atoms with Gasteiger partial charge in [-0.1, -0.05) is 147 Å². The lowest BCUT2D eigenvalue weighted by Crippen LogP contribution is -2.55. The Kier molecular flexibility index (Phi) is 33.9. The zero-order valence-electron chi connectivity index (χ0n) is 34.2. The summed E-state index contributed by atoms with van der Waals surface area (Å²) in [6.45, 7) is 4.52. The molecule has 52 heavy (non-hydrogen) atoms. The second-order valence-electron chi connectivity index (χ2n) is 15.2. The van der Waals surface area contributed by atoms with Crippen LogP contribution in [0.4, 0.5) is 0 Å². The molecule has 8 nitrogen and oxygen atoms in total. The van der Waals surface area contributed by atoms with Gasteiger partial charge in [0, 0.05) is 19.3 Å². The van der Waals surface area contributed by atoms with Crippen LogP contribution in [0.25, 0.3) is 0 Å². The van der Waals surface area contributed by atoms with Crippen molar-refractivity contribution in [2.75, 3.05) is 41.0 Å². The van der Waals surface area contributed by atoms with Crippen LogP contribution in [-0.4, -0.2) is 75.5 Å². The summed E-state index contributed by atoms with van der Waals surface area (Å²) in [7, 11) is 5.40. The Labute approximate surface area is 319 Å². The highest BCUT2D eigenvalue weighted by atomic mass is 16.6. The molecule has 2 unspecified atom stereocenters. The van der Waals surface area contributed by atoms with Crippen LogP contribution in [-0.2, 0) is 28.6 Å². The molecule has 0 amide bonds. The molecule has 0 aromatic rings. The second kappa shape index (κ2) is 35.6. The van der Waals surface area contributed by atoms with E-state index in [0.29, 0.717) is 12.8 Å². The third-order valence-corrected chi connectivity index (χ3v) is 9.29. The molecule has 0 saturated carbocycles. The molecular weight excluding hydrogens is 654 g/mol. The van der Waals surface area contributed by atoms with E-state index in [1.807, 2.05) is 0 Å². The van der Waals surface area contributed by atoms with E-state index in [1.54, 1.807) is 21.1 Å². The van der Waals surface area contributed by atoms with Crippen molar-refractivity contribution in [1.82, 2.24) is 0 Å². The van der Waals surface area contributed by atoms with Gasteiger partial charge in [-0.25, -0.2) is 0 Å². The minimum absolute atomic E-state index is 0.0411. The SMILES string of the molecule is CC/C=C/C/C=C/C/C=C/CCCCCCCCCCCC(=O)OCC(COCCC(C(=O)[O-])[N+](C)(C)C)OC(=O)CCCCCCCCCCC. The van der Waals surface area contributed by atoms with Crippen molar-refractivity contribution in [3.63, 3.8) is 0 Å². The highest BCUT2D eigenvalue weighted by Gasteiger charge is 2.25. The van der Waals surface area contributed by atoms with Crippen molar-refractivity contribution >= 4 is 17.9 Å². The van der Waals surface area contributed by atoms with Crippen LogP contribution in [0.1, 0.15) is 174 Å². The van der Waals surface area contributed by atoms with Crippen LogP contribution in [0, 0.1) is 0 Å². The van der Waals surface area contributed by atoms with Gasteiger partial charge in [-0.2, -0.15) is 0 Å². The first-order chi connectivity index (χ1) is 25.1. The molecule has 0 aromatic carbocycles. The van der Waals surface area contributed by atoms with E-state index < -0.39 is 18.1 Å². The molecule has 0 aliphatic heterocycles. The molecule has 0 N–H and O–H groups in total. The first kappa shape index (κ1) is 49.6. The van der Waals surface area contributed by atoms with Crippen molar-refractivity contribution in [2.45, 2.75) is 187 Å². The van der Waals surface area contributed by atoms with Crippen LogP contribution < -0.4 is 5.11 Å². The van der Waals surface area contributed by atoms with Gasteiger partial charge in [0.15, 0.2) is 6.10 Å². The molecule has 0 aliphatic carbocycles. The number of carbonyl (C=O) groups excluding carboxylic acids is 3. The van der Waals surface area contributed by atoms with E-state index >= 15 is 0 Å². The van der Waals surface area contributed by atoms with E-state index in [9.17, 15) is 19.5 Å². The summed E-state index contributed by atoms with van der Waals surface area (Å²) in [5.74, 6) is -1.74. The lowest BCUT2D eigenvalue weighted by molar-refractivity contribution is -0.889. The number of allylic oxidation sites excluding steroid dienone is 6. The average molecular weight is 734 g/mol. The number of likely N-dealkylation sites (N-methyl/N-ethyl adjacent to an activating group) is 1. The number of nitrogens with zero attached hydrogens (tertiary/aromatic N) is 1. The van der Waals surface area contributed by atoms with Crippen LogP contribution in [0.3, 0.4) is 0 Å². The smallest absolute Gasteiger partial charge is 0.306 e. The summed E-state index contributed by atoms with van der Waals surface area (Å²) in [5.41, 5.74) is 0. The fourth-order valence-corrected chi connectivity index (χ4v) is 6.03. The molecule has 8 heteroatoms. The Morgan fingerprint density at radius 3 is 1.60 bits per heavy atom. The van der Waals surface area contributed by atoms with Crippen LogP contribution in [0.2, 0.25) is 0 Å². The summed E-state index contributed by atoms with van der Waals surface area (Å²) in [4.78, 5) is 36.7. The Morgan fingerprint density at radius 1 is 0.596 bits per heavy atom. The predicted octanol–water partition coefficient (Wildman–Crippen LogP) is 9.74. The first-order valence-electron chi connectivity index (χ1n) is 21.0. The Bertz CT molecular complexity index is 953. The third kappa shape index (κ3) is 33.4. The van der Waals surface area contributed by atoms with Crippen molar-refractivity contribution in [3.05, 3.63) is 36.5 Å². The highest BCUT2D eigenvalue weighted by molar-refractivity contribution is 5.70. The van der Waals surface area contributed by atoms with E-state index in [-0.39, 0.29) is 42.7 Å². The molecule has 0 heterocycles. The number of quaternary nitrogens is 1. The molecule has 0 aliphatic rings. The molecule has 0 saturated heterocycles. The first-order valence-corrected chi connectivity index (χ1v) is 21.0. The summed E-state index contributed by atoms with van der Waals surface area (Å²) in [6.07, 6.45) is 38.8. The lowest BCUT2D eigenvalue weighted by Gasteiger charge is -2.34. The minimum atomic E-state index is -1.13. The van der Waals surface area contributed by atoms with Crippen molar-refractivity contribution < 1.29 is 38.2 Å². The Morgan fingerprint density at radius 2 is 1.08 bits per heavy atom. The molecule has 0 radical (unpaired) electrons. The van der Waals surface area contributed by atoms with Crippen LogP contribution in [0.5, 0.6) is 0 Å². The van der Waals surface area contributed by atoms with E-state index in [4.69, 9.17) is 14.2 Å². The number of unbranched alkanes of at least 4 members (excludes halogenated alkanes) is 17. The molecule has 2 atom stereocenters. The normalized spacial score (nSPS) is 13.3. The highest BCUT2D eigenvalue weighted by Crippen LogP contribution is 2.14. The number of carboxylic acid groups (broad SMARTS) is 1. The number of carboxylic acids is 1. The maximum Gasteiger partial charge on any atom is 0.306 e. The van der Waals surface area contributed by atoms with E-state index in [0.717, 1.165) is 64.2 Å². The summed E-state index contributed by atoms with van der Waals surface area (Å²) in [5, 5.41) is 11.6. The number of aliphatic carboxylic acids is 1. The Balaban J connectivity index is 4.26. The lowest BCUT2D eigenvalue weighted by atomic mass is 10.1. The van der Waals surface area contributed by atoms with Gasteiger partial charge in [0.1, 0.15) is 12.6 Å². The maximum atomic E-state index is 12.6. The molecule has 0 rings (SSSR count). The molecule has 0 bridgehead atoms. The zero-order chi connectivity index (χ0) is 38.5. The molecule has 0 spiro atoms. The number of ether oxygens (including phenoxy) is 3. The maximum absolute atomic E-state index is 12.6. The van der Waals surface area contributed by atoms with E-state index in [1.165, 1.54) is 77.0 Å². The quantitative estimate of drug-likeness (QED) is 0.0271. The zero-order valence-corrected chi connectivity index (χ0v) is 34.2. The number of hydrogen-bond donors (Lipinski definition) is 0. The fraction of sp³-hybridized carbons (Fsp3) is 0.795. The summed E-state index contributed by atoms with van der Waals surface area (Å²) in [6, 6.07) is -0.723. The molecule has 0 fully saturated rings. The molecular formula is C44H79NO7. The van der Waals surface area contributed by atoms with Gasteiger partial charge in [-0.05, 0) is 44.9 Å². The molecule has 0 aromatic heterocycles. The number of hydrogen-bond acceptors (Lipinski definition) is 7. The second-order valence-corrected chi connectivity index (χ2v) is 15.2. The third-order valence-electron chi connectivity index (χ3n) is 9.29. The monoisotopic (exact) mass is 734 g/mol. The largest absolute Gasteiger partial charge is 0.544 e. The van der Waals surface area contributed by atoms with Gasteiger partial charge in [-0.15, -0.1) is 0 Å². The van der Waals surface area contributed by atoms with Gasteiger partial charge >= 0.3 is 11.9 Å². The van der Waals surface area contributed by atoms with Gasteiger partial charge in [0.2, 0.25) is 0 Å². The summed E-state index contributed by atoms with van der Waals surface area (Å²) < 4.78 is 17.1. The van der Waals surface area contributed by atoms with Gasteiger partial charge < -0.3 is 28.6 Å². The standard InChI is InChI=1S/C44H79NO7/c1-6-8-10-12-14-16-17-18-19-20-21-22-23-24-25-27-28-30-32-34-42(46)51-39-40(38-50-37-36-41(44(48)49)45(3,4)5)52-43(47)35-33-31-29-26-15-13-11-9-7-2/h8,10,14,16,18-19,40-41H,6-7,9,11-13,15,17,20-39H2,1-5H3/b10-8+,16-14+,19-18+. The van der Waals surface area contributed by atoms with Crippen molar-refractivity contribution in [3.8, 4) is 0 Å². The topological polar surface area (TPSA) is 102 Å². The average Bonchev–Trinajstić information content (AvgIpc) is 3.09. The van der Waals surface area contributed by atoms with Gasteiger partial charge in [0.05, 0.1) is 40.3 Å². The Hall–Kier alpha value is -2.45. The fourth-order valence-electron chi connectivity index (χ4n) is 6.03. The van der Waals surface area contributed by atoms with Crippen LogP contribution >= 0.6 is 0 Å². The minimum Gasteiger partial charge on any atom is -0.544 e. The van der Waals surface area contributed by atoms with Gasteiger partial charge in [-0.3, -0.25) is 9.59 Å². The van der Waals surface area contributed by atoms with Crippen molar-refractivity contribution in [1.29, 1.82) is 0 Å². The number of rotatable bonds is 37. The van der Waals surface area contributed by atoms with Gasteiger partial charge in [0.25, 0.3) is 0 Å². The summed E-state index contributed by atoms with van der Waals surface area (Å²) >= 11 is 0. The number of carbonyl (C=O) groups is 3. The van der Waals surface area contributed by atoms with Crippen LogP contribution in [0.15, 0.2) is 36.5 Å². The number of esters is 2.